The first-order valence-electron chi connectivity index (χ1n) is 8.80. The van der Waals surface area contributed by atoms with E-state index in [1.54, 1.807) is 6.07 Å². The molecule has 1 aromatic heterocycles. The van der Waals surface area contributed by atoms with Crippen molar-refractivity contribution in [3.8, 4) is 0 Å². The van der Waals surface area contributed by atoms with Crippen molar-refractivity contribution in [1.29, 1.82) is 0 Å². The van der Waals surface area contributed by atoms with Crippen LogP contribution in [0.4, 0.5) is 8.78 Å². The Morgan fingerprint density at radius 2 is 2.04 bits per heavy atom. The number of fused-ring (bicyclic) bond motifs is 1. The molecule has 1 fully saturated rings. The van der Waals surface area contributed by atoms with E-state index in [-0.39, 0.29) is 24.5 Å². The Kier molecular flexibility index (Phi) is 5.44. The van der Waals surface area contributed by atoms with Crippen LogP contribution in [0, 0.1) is 5.92 Å². The molecule has 1 aliphatic carbocycles. The number of ketones is 1. The maximum atomic E-state index is 13.2. The summed E-state index contributed by atoms with van der Waals surface area (Å²) in [4.78, 5) is 12.7. The van der Waals surface area contributed by atoms with E-state index in [9.17, 15) is 13.6 Å². The fourth-order valence-corrected chi connectivity index (χ4v) is 3.97. The summed E-state index contributed by atoms with van der Waals surface area (Å²) in [5.74, 6) is -2.30. The van der Waals surface area contributed by atoms with E-state index in [0.717, 1.165) is 10.9 Å². The van der Waals surface area contributed by atoms with Gasteiger partial charge in [0.25, 0.3) is 0 Å². The van der Waals surface area contributed by atoms with Crippen molar-refractivity contribution in [2.24, 2.45) is 11.7 Å². The summed E-state index contributed by atoms with van der Waals surface area (Å²) in [7, 11) is 0. The topological polar surface area (TPSA) is 48.0 Å². The lowest BCUT2D eigenvalue weighted by atomic mass is 9.83. The average Bonchev–Trinajstić information content (AvgIpc) is 2.94. The predicted molar refractivity (Wildman–Crippen MR) is 96.5 cm³/mol. The summed E-state index contributed by atoms with van der Waals surface area (Å²) in [5.41, 5.74) is 7.16. The highest BCUT2D eigenvalue weighted by Crippen LogP contribution is 2.38. The largest absolute Gasteiger partial charge is 0.345 e. The van der Waals surface area contributed by atoms with Crippen LogP contribution < -0.4 is 5.73 Å². The van der Waals surface area contributed by atoms with Gasteiger partial charge in [0.1, 0.15) is 0 Å². The van der Waals surface area contributed by atoms with Crippen molar-refractivity contribution in [3.05, 3.63) is 35.0 Å². The van der Waals surface area contributed by atoms with Crippen LogP contribution in [0.2, 0.25) is 5.02 Å². The Labute approximate surface area is 151 Å². The van der Waals surface area contributed by atoms with Gasteiger partial charge in [-0.1, -0.05) is 17.7 Å². The fraction of sp³-hybridized carbons (Fsp3) is 0.526. The predicted octanol–water partition coefficient (Wildman–Crippen LogP) is 5.04. The summed E-state index contributed by atoms with van der Waals surface area (Å²) >= 11 is 6.32. The second kappa shape index (κ2) is 7.42. The molecule has 0 amide bonds. The second-order valence-corrected chi connectivity index (χ2v) is 7.33. The van der Waals surface area contributed by atoms with Crippen molar-refractivity contribution >= 4 is 28.3 Å². The molecule has 0 aliphatic heterocycles. The van der Waals surface area contributed by atoms with E-state index in [1.807, 2.05) is 22.9 Å². The van der Waals surface area contributed by atoms with Crippen LogP contribution in [-0.4, -0.2) is 22.8 Å². The number of nitrogens with zero attached hydrogens (tertiary/aromatic N) is 1. The molecule has 1 heterocycles. The smallest absolute Gasteiger partial charge is 0.248 e. The molecule has 0 atom stereocenters. The monoisotopic (exact) mass is 368 g/mol. The maximum Gasteiger partial charge on any atom is 0.248 e. The lowest BCUT2D eigenvalue weighted by molar-refractivity contribution is -0.0464. The molecule has 6 heteroatoms. The van der Waals surface area contributed by atoms with Crippen molar-refractivity contribution in [3.63, 3.8) is 0 Å². The van der Waals surface area contributed by atoms with E-state index in [0.29, 0.717) is 49.4 Å². The van der Waals surface area contributed by atoms with E-state index in [2.05, 4.69) is 0 Å². The molecule has 0 saturated heterocycles. The van der Waals surface area contributed by atoms with Crippen LogP contribution in [0.5, 0.6) is 0 Å². The molecule has 1 aliphatic rings. The molecular formula is C19H23ClF2N2O. The normalized spacial score (nSPS) is 17.9. The van der Waals surface area contributed by atoms with Gasteiger partial charge < -0.3 is 10.3 Å². The van der Waals surface area contributed by atoms with Crippen LogP contribution in [0.1, 0.15) is 48.9 Å². The molecule has 3 rings (SSSR count). The number of rotatable bonds is 6. The molecule has 136 valence electrons. The van der Waals surface area contributed by atoms with Crippen molar-refractivity contribution < 1.29 is 13.6 Å². The van der Waals surface area contributed by atoms with Gasteiger partial charge in [0.05, 0.1) is 10.5 Å². The Hall–Kier alpha value is -1.46. The number of nitrogens with two attached hydrogens (primary N) is 1. The molecule has 0 radical (unpaired) electrons. The van der Waals surface area contributed by atoms with Crippen LogP contribution in [0.3, 0.4) is 0 Å². The van der Waals surface area contributed by atoms with Gasteiger partial charge in [-0.25, -0.2) is 8.78 Å². The first kappa shape index (κ1) is 18.3. The number of hydrogen-bond acceptors (Lipinski definition) is 2. The van der Waals surface area contributed by atoms with E-state index in [4.69, 9.17) is 17.3 Å². The van der Waals surface area contributed by atoms with Gasteiger partial charge in [-0.2, -0.15) is 0 Å². The summed E-state index contributed by atoms with van der Waals surface area (Å²) in [5, 5.41) is 1.31. The number of carbonyl (C=O) groups is 1. The molecule has 3 nitrogen and oxygen atoms in total. The van der Waals surface area contributed by atoms with Gasteiger partial charge in [-0.3, -0.25) is 4.79 Å². The van der Waals surface area contributed by atoms with Gasteiger partial charge in [-0.15, -0.1) is 0 Å². The number of carbonyl (C=O) groups excluding carboxylic acids is 1. The Morgan fingerprint density at radius 3 is 2.72 bits per heavy atom. The highest BCUT2D eigenvalue weighted by molar-refractivity contribution is 6.37. The van der Waals surface area contributed by atoms with Crippen LogP contribution in [0.25, 0.3) is 10.9 Å². The molecule has 0 spiro atoms. The maximum absolute atomic E-state index is 13.2. The van der Waals surface area contributed by atoms with Crippen LogP contribution in [-0.2, 0) is 6.54 Å². The van der Waals surface area contributed by atoms with Gasteiger partial charge in [0.15, 0.2) is 5.78 Å². The lowest BCUT2D eigenvalue weighted by Gasteiger charge is -2.27. The lowest BCUT2D eigenvalue weighted by Crippen LogP contribution is -2.24. The van der Waals surface area contributed by atoms with E-state index in [1.165, 1.54) is 0 Å². The summed E-state index contributed by atoms with van der Waals surface area (Å²) in [6.45, 7) is 1.09. The third-order valence-electron chi connectivity index (χ3n) is 5.14. The molecule has 25 heavy (non-hydrogen) atoms. The average molecular weight is 369 g/mol. The molecule has 0 bridgehead atoms. The number of aromatic nitrogens is 1. The number of Topliss-reactive ketones (excluding diaryl/α,β-unsaturated/α-hetero) is 1. The van der Waals surface area contributed by atoms with Gasteiger partial charge in [0.2, 0.25) is 5.92 Å². The number of hydrogen-bond donors (Lipinski definition) is 1. The number of alkyl halides is 2. The minimum absolute atomic E-state index is 0.0196. The zero-order valence-corrected chi connectivity index (χ0v) is 14.9. The quantitative estimate of drug-likeness (QED) is 0.726. The zero-order chi connectivity index (χ0) is 18.0. The summed E-state index contributed by atoms with van der Waals surface area (Å²) in [6, 6.07) is 5.56. The molecule has 2 N–H and O–H groups in total. The Balaban J connectivity index is 1.74. The zero-order valence-electron chi connectivity index (χ0n) is 14.1. The molecular weight excluding hydrogens is 346 g/mol. The highest BCUT2D eigenvalue weighted by atomic mass is 35.5. The van der Waals surface area contributed by atoms with Crippen LogP contribution >= 0.6 is 11.6 Å². The van der Waals surface area contributed by atoms with Gasteiger partial charge in [-0.05, 0) is 37.3 Å². The SMILES string of the molecule is NCCn1cc(C(=O)CCC2CCC(F)(F)CC2)c2c(Cl)cccc21. The van der Waals surface area contributed by atoms with Gasteiger partial charge in [0, 0.05) is 49.5 Å². The van der Waals surface area contributed by atoms with Gasteiger partial charge >= 0.3 is 0 Å². The molecule has 2 aromatic rings. The molecule has 1 saturated carbocycles. The fourth-order valence-electron chi connectivity index (χ4n) is 3.70. The second-order valence-electron chi connectivity index (χ2n) is 6.92. The Morgan fingerprint density at radius 1 is 1.32 bits per heavy atom. The molecule has 0 unspecified atom stereocenters. The minimum Gasteiger partial charge on any atom is -0.345 e. The first-order chi connectivity index (χ1) is 11.9. The third-order valence-corrected chi connectivity index (χ3v) is 5.46. The number of benzene rings is 1. The minimum atomic E-state index is -2.52. The standard InChI is InChI=1S/C19H23ClF2N2O/c20-15-2-1-3-16-18(15)14(12-24(16)11-10-23)17(25)5-4-13-6-8-19(21,22)9-7-13/h1-3,12-13H,4-11,23H2. The summed E-state index contributed by atoms with van der Waals surface area (Å²) in [6.07, 6.45) is 3.71. The van der Waals surface area contributed by atoms with E-state index < -0.39 is 5.92 Å². The number of halogens is 3. The third kappa shape index (κ3) is 4.04. The van der Waals surface area contributed by atoms with Crippen molar-refractivity contribution in [1.82, 2.24) is 4.57 Å². The molecule has 1 aromatic carbocycles. The van der Waals surface area contributed by atoms with Crippen LogP contribution in [0.15, 0.2) is 24.4 Å². The first-order valence-corrected chi connectivity index (χ1v) is 9.17. The van der Waals surface area contributed by atoms with Crippen molar-refractivity contribution in [2.75, 3.05) is 6.54 Å². The van der Waals surface area contributed by atoms with E-state index >= 15 is 0 Å². The van der Waals surface area contributed by atoms with Crippen molar-refractivity contribution in [2.45, 2.75) is 51.0 Å². The summed E-state index contributed by atoms with van der Waals surface area (Å²) < 4.78 is 28.4. The Bertz CT molecular complexity index is 762. The highest BCUT2D eigenvalue weighted by Gasteiger charge is 2.34.